The number of aliphatic imine (C=N–C) groups is 1. The highest BCUT2D eigenvalue weighted by Gasteiger charge is 2.24. The van der Waals surface area contributed by atoms with E-state index in [1.807, 2.05) is 6.07 Å². The highest BCUT2D eigenvalue weighted by Crippen LogP contribution is 2.16. The smallest absolute Gasteiger partial charge is 0.193 e. The van der Waals surface area contributed by atoms with Crippen LogP contribution in [0.5, 0.6) is 0 Å². The number of benzene rings is 1. The Morgan fingerprint density at radius 2 is 2.23 bits per heavy atom. The largest absolute Gasteiger partial charge is 0.382 e. The molecule has 1 fully saturated rings. The Balaban J connectivity index is 0.00000338. The third-order valence-corrected chi connectivity index (χ3v) is 4.26. The molecule has 0 aromatic heterocycles. The molecule has 2 rings (SSSR count). The predicted molar refractivity (Wildman–Crippen MR) is 114 cm³/mol. The topological polar surface area (TPSA) is 46.1 Å². The number of methoxy groups -OCH3 is 1. The summed E-state index contributed by atoms with van der Waals surface area (Å²) in [5.74, 6) is 1.28. The summed E-state index contributed by atoms with van der Waals surface area (Å²) >= 11 is 0. The van der Waals surface area contributed by atoms with Gasteiger partial charge in [0.15, 0.2) is 5.96 Å². The van der Waals surface area contributed by atoms with Gasteiger partial charge in [-0.3, -0.25) is 4.99 Å². The van der Waals surface area contributed by atoms with Crippen molar-refractivity contribution < 1.29 is 13.9 Å². The van der Waals surface area contributed by atoms with E-state index in [1.54, 1.807) is 19.2 Å². The van der Waals surface area contributed by atoms with Crippen LogP contribution in [-0.4, -0.2) is 64.0 Å². The summed E-state index contributed by atoms with van der Waals surface area (Å²) in [5, 5.41) is 3.36. The Morgan fingerprint density at radius 1 is 1.38 bits per heavy atom. The van der Waals surface area contributed by atoms with Gasteiger partial charge in [0.05, 0.1) is 19.8 Å². The van der Waals surface area contributed by atoms with E-state index in [-0.39, 0.29) is 29.8 Å². The van der Waals surface area contributed by atoms with Gasteiger partial charge in [-0.25, -0.2) is 4.39 Å². The SMILES string of the molecule is CCNC(=NCCc1cccc(F)c1)N1CCC(COCCOC)C1.I. The average molecular weight is 479 g/mol. The molecule has 1 aromatic carbocycles. The molecule has 1 aromatic rings. The standard InChI is InChI=1S/C19H30FN3O2.HI/c1-3-21-19(22-9-7-16-5-4-6-18(20)13-16)23-10-8-17(14-23)15-25-12-11-24-2;/h4-6,13,17H,3,7-12,14-15H2,1-2H3,(H,21,22);1H. The van der Waals surface area contributed by atoms with E-state index in [0.29, 0.717) is 25.7 Å². The van der Waals surface area contributed by atoms with E-state index in [4.69, 9.17) is 14.5 Å². The quantitative estimate of drug-likeness (QED) is 0.256. The second kappa shape index (κ2) is 13.3. The molecule has 0 aliphatic carbocycles. The number of nitrogens with zero attached hydrogens (tertiary/aromatic N) is 2. The zero-order valence-corrected chi connectivity index (χ0v) is 18.1. The van der Waals surface area contributed by atoms with Gasteiger partial charge in [0, 0.05) is 39.2 Å². The molecule has 26 heavy (non-hydrogen) atoms. The number of nitrogens with one attached hydrogen (secondary N) is 1. The van der Waals surface area contributed by atoms with Crippen LogP contribution in [0.25, 0.3) is 0 Å². The lowest BCUT2D eigenvalue weighted by atomic mass is 10.1. The Hall–Kier alpha value is -0.930. The number of guanidine groups is 1. The summed E-state index contributed by atoms with van der Waals surface area (Å²) in [5.41, 5.74) is 0.977. The minimum absolute atomic E-state index is 0. The second-order valence-corrected chi connectivity index (χ2v) is 6.28. The summed E-state index contributed by atoms with van der Waals surface area (Å²) in [6.07, 6.45) is 1.85. The molecular weight excluding hydrogens is 448 g/mol. The molecule has 0 bridgehead atoms. The third-order valence-electron chi connectivity index (χ3n) is 4.26. The molecule has 7 heteroatoms. The van der Waals surface area contributed by atoms with Gasteiger partial charge in [0.1, 0.15) is 5.82 Å². The van der Waals surface area contributed by atoms with Crippen molar-refractivity contribution in [1.29, 1.82) is 0 Å². The molecule has 148 valence electrons. The van der Waals surface area contributed by atoms with Crippen LogP contribution < -0.4 is 5.32 Å². The van der Waals surface area contributed by atoms with Gasteiger partial charge in [-0.1, -0.05) is 12.1 Å². The fraction of sp³-hybridized carbons (Fsp3) is 0.632. The fourth-order valence-corrected chi connectivity index (χ4v) is 2.96. The molecule has 5 nitrogen and oxygen atoms in total. The average Bonchev–Trinajstić information content (AvgIpc) is 3.07. The number of halogens is 2. The molecule has 0 spiro atoms. The fourth-order valence-electron chi connectivity index (χ4n) is 2.96. The van der Waals surface area contributed by atoms with Crippen LogP contribution in [0, 0.1) is 11.7 Å². The molecule has 0 saturated carbocycles. The zero-order chi connectivity index (χ0) is 17.9. The lowest BCUT2D eigenvalue weighted by Gasteiger charge is -2.21. The first-order valence-electron chi connectivity index (χ1n) is 9.07. The minimum Gasteiger partial charge on any atom is -0.382 e. The van der Waals surface area contributed by atoms with Crippen LogP contribution in [0.1, 0.15) is 18.9 Å². The first kappa shape index (κ1) is 23.1. The monoisotopic (exact) mass is 479 g/mol. The molecule has 1 aliphatic rings. The first-order valence-corrected chi connectivity index (χ1v) is 9.07. The second-order valence-electron chi connectivity index (χ2n) is 6.28. The Morgan fingerprint density at radius 3 is 2.96 bits per heavy atom. The normalized spacial score (nSPS) is 17.3. The van der Waals surface area contributed by atoms with E-state index in [1.165, 1.54) is 6.07 Å². The summed E-state index contributed by atoms with van der Waals surface area (Å²) in [6, 6.07) is 6.73. The van der Waals surface area contributed by atoms with Crippen molar-refractivity contribution in [3.05, 3.63) is 35.6 Å². The molecule has 1 N–H and O–H groups in total. The molecule has 1 heterocycles. The lowest BCUT2D eigenvalue weighted by Crippen LogP contribution is -2.40. The Bertz CT molecular complexity index is 545. The number of hydrogen-bond acceptors (Lipinski definition) is 3. The summed E-state index contributed by atoms with van der Waals surface area (Å²) in [4.78, 5) is 7.00. The van der Waals surface area contributed by atoms with Crippen LogP contribution in [0.2, 0.25) is 0 Å². The summed E-state index contributed by atoms with van der Waals surface area (Å²) < 4.78 is 23.9. The van der Waals surface area contributed by atoms with Gasteiger partial charge in [-0.15, -0.1) is 24.0 Å². The number of rotatable bonds is 9. The Labute approximate surface area is 173 Å². The van der Waals surface area contributed by atoms with Gasteiger partial charge < -0.3 is 19.7 Å². The van der Waals surface area contributed by atoms with Crippen molar-refractivity contribution in [2.24, 2.45) is 10.9 Å². The maximum absolute atomic E-state index is 13.2. The molecular formula is C19H31FIN3O2. The zero-order valence-electron chi connectivity index (χ0n) is 15.7. The van der Waals surface area contributed by atoms with E-state index in [9.17, 15) is 4.39 Å². The van der Waals surface area contributed by atoms with Gasteiger partial charge in [-0.2, -0.15) is 0 Å². The van der Waals surface area contributed by atoms with Crippen molar-refractivity contribution in [2.45, 2.75) is 19.8 Å². The Kier molecular flexibility index (Phi) is 11.8. The van der Waals surface area contributed by atoms with Gasteiger partial charge in [-0.05, 0) is 37.5 Å². The summed E-state index contributed by atoms with van der Waals surface area (Å²) in [7, 11) is 1.68. The maximum Gasteiger partial charge on any atom is 0.193 e. The molecule has 1 atom stereocenters. The van der Waals surface area contributed by atoms with Crippen LogP contribution in [0.15, 0.2) is 29.3 Å². The van der Waals surface area contributed by atoms with Crippen LogP contribution >= 0.6 is 24.0 Å². The number of ether oxygens (including phenoxy) is 2. The van der Waals surface area contributed by atoms with E-state index >= 15 is 0 Å². The third kappa shape index (κ3) is 8.18. The maximum atomic E-state index is 13.2. The van der Waals surface area contributed by atoms with Crippen molar-refractivity contribution in [3.63, 3.8) is 0 Å². The van der Waals surface area contributed by atoms with E-state index in [0.717, 1.165) is 50.6 Å². The lowest BCUT2D eigenvalue weighted by molar-refractivity contribution is 0.0536. The van der Waals surface area contributed by atoms with Gasteiger partial charge in [0.2, 0.25) is 0 Å². The highest BCUT2D eigenvalue weighted by molar-refractivity contribution is 14.0. The van der Waals surface area contributed by atoms with E-state index < -0.39 is 0 Å². The summed E-state index contributed by atoms with van der Waals surface area (Å²) in [6.45, 7) is 7.56. The molecule has 1 unspecified atom stereocenters. The number of likely N-dealkylation sites (tertiary alicyclic amines) is 1. The predicted octanol–water partition coefficient (Wildman–Crippen LogP) is 2.94. The minimum atomic E-state index is -0.191. The van der Waals surface area contributed by atoms with Crippen LogP contribution in [0.3, 0.4) is 0 Å². The highest BCUT2D eigenvalue weighted by atomic mass is 127. The van der Waals surface area contributed by atoms with E-state index in [2.05, 4.69) is 17.1 Å². The van der Waals surface area contributed by atoms with Crippen molar-refractivity contribution in [1.82, 2.24) is 10.2 Å². The molecule has 1 saturated heterocycles. The molecule has 1 aliphatic heterocycles. The van der Waals surface area contributed by atoms with Gasteiger partial charge >= 0.3 is 0 Å². The van der Waals surface area contributed by atoms with Crippen LogP contribution in [-0.2, 0) is 15.9 Å². The van der Waals surface area contributed by atoms with Crippen LogP contribution in [0.4, 0.5) is 4.39 Å². The van der Waals surface area contributed by atoms with Crippen molar-refractivity contribution >= 4 is 29.9 Å². The number of hydrogen-bond donors (Lipinski definition) is 1. The molecule has 0 amide bonds. The van der Waals surface area contributed by atoms with Crippen molar-refractivity contribution in [3.8, 4) is 0 Å². The van der Waals surface area contributed by atoms with Gasteiger partial charge in [0.25, 0.3) is 0 Å². The molecule has 0 radical (unpaired) electrons. The first-order chi connectivity index (χ1) is 12.2. The van der Waals surface area contributed by atoms with Crippen molar-refractivity contribution in [2.75, 3.05) is 53.1 Å².